The van der Waals surface area contributed by atoms with E-state index < -0.39 is 5.41 Å². The molecule has 1 aromatic carbocycles. The van der Waals surface area contributed by atoms with Gasteiger partial charge in [-0.2, -0.15) is 0 Å². The maximum absolute atomic E-state index is 13.5. The fourth-order valence-corrected chi connectivity index (χ4v) is 6.20. The number of hydrogen-bond donors (Lipinski definition) is 1. The quantitative estimate of drug-likeness (QED) is 0.738. The SMILES string of the molecule is COC(=O)C1=CO[C@@H](C)[C@@H]2CN3CC[C@]4(C(=O)Nc5c4ccc(OC)c5OC)[C@H]3C[C@H]12. The summed E-state index contributed by atoms with van der Waals surface area (Å²) in [7, 11) is 4.56. The predicted molar refractivity (Wildman–Crippen MR) is 112 cm³/mol. The summed E-state index contributed by atoms with van der Waals surface area (Å²) >= 11 is 0. The lowest BCUT2D eigenvalue weighted by atomic mass is 9.66. The first-order valence-electron chi connectivity index (χ1n) is 10.7. The van der Waals surface area contributed by atoms with Crippen molar-refractivity contribution >= 4 is 17.6 Å². The van der Waals surface area contributed by atoms with E-state index in [0.29, 0.717) is 29.2 Å². The molecule has 0 saturated carbocycles. The number of fused-ring (bicyclic) bond motifs is 5. The Bertz CT molecular complexity index is 975. The van der Waals surface area contributed by atoms with Crippen molar-refractivity contribution in [3.05, 3.63) is 29.5 Å². The zero-order valence-corrected chi connectivity index (χ0v) is 18.3. The van der Waals surface area contributed by atoms with Gasteiger partial charge in [-0.25, -0.2) is 4.79 Å². The van der Waals surface area contributed by atoms with Crippen molar-refractivity contribution in [3.63, 3.8) is 0 Å². The van der Waals surface area contributed by atoms with Crippen LogP contribution in [-0.4, -0.2) is 63.3 Å². The highest BCUT2D eigenvalue weighted by molar-refractivity contribution is 6.09. The second-order valence-corrected chi connectivity index (χ2v) is 8.82. The molecular formula is C23H28N2O6. The number of rotatable bonds is 3. The van der Waals surface area contributed by atoms with E-state index in [1.165, 1.54) is 7.11 Å². The molecule has 5 atom stereocenters. The maximum atomic E-state index is 13.5. The van der Waals surface area contributed by atoms with Gasteiger partial charge in [0, 0.05) is 24.4 Å². The topological polar surface area (TPSA) is 86.3 Å². The average molecular weight is 428 g/mol. The molecule has 1 amide bonds. The molecule has 0 aliphatic carbocycles. The summed E-state index contributed by atoms with van der Waals surface area (Å²) in [6.45, 7) is 3.64. The highest BCUT2D eigenvalue weighted by Gasteiger charge is 2.61. The van der Waals surface area contributed by atoms with Gasteiger partial charge in [0.2, 0.25) is 5.91 Å². The molecule has 5 rings (SSSR count). The Morgan fingerprint density at radius 3 is 2.77 bits per heavy atom. The van der Waals surface area contributed by atoms with Gasteiger partial charge < -0.3 is 24.3 Å². The van der Waals surface area contributed by atoms with Crippen LogP contribution in [0.5, 0.6) is 11.5 Å². The summed E-state index contributed by atoms with van der Waals surface area (Å²) in [5.41, 5.74) is 1.53. The second kappa shape index (κ2) is 7.15. The summed E-state index contributed by atoms with van der Waals surface area (Å²) in [6, 6.07) is 3.82. The van der Waals surface area contributed by atoms with Gasteiger partial charge in [0.05, 0.1) is 50.4 Å². The van der Waals surface area contributed by atoms with Gasteiger partial charge in [-0.05, 0) is 37.9 Å². The first-order valence-corrected chi connectivity index (χ1v) is 10.7. The summed E-state index contributed by atoms with van der Waals surface area (Å²) in [6.07, 6.45) is 2.98. The lowest BCUT2D eigenvalue weighted by Gasteiger charge is -2.48. The van der Waals surface area contributed by atoms with Gasteiger partial charge in [0.15, 0.2) is 11.5 Å². The monoisotopic (exact) mass is 428 g/mol. The van der Waals surface area contributed by atoms with Crippen molar-refractivity contribution in [3.8, 4) is 11.5 Å². The van der Waals surface area contributed by atoms with Crippen LogP contribution < -0.4 is 14.8 Å². The van der Waals surface area contributed by atoms with Crippen LogP contribution in [0.25, 0.3) is 0 Å². The molecule has 166 valence electrons. The number of ether oxygens (including phenoxy) is 4. The third-order valence-electron chi connectivity index (χ3n) is 7.75. The van der Waals surface area contributed by atoms with Crippen molar-refractivity contribution in [1.29, 1.82) is 0 Å². The number of carbonyl (C=O) groups excluding carboxylic acids is 2. The Morgan fingerprint density at radius 2 is 2.06 bits per heavy atom. The predicted octanol–water partition coefficient (Wildman–Crippen LogP) is 2.08. The van der Waals surface area contributed by atoms with E-state index in [0.717, 1.165) is 25.1 Å². The van der Waals surface area contributed by atoms with E-state index in [1.807, 2.05) is 19.1 Å². The Balaban J connectivity index is 1.57. The molecule has 0 aromatic heterocycles. The molecule has 0 radical (unpaired) electrons. The molecule has 4 aliphatic heterocycles. The molecule has 0 bridgehead atoms. The zero-order chi connectivity index (χ0) is 21.9. The number of carbonyl (C=O) groups is 2. The number of nitrogens with zero attached hydrogens (tertiary/aromatic N) is 1. The highest BCUT2D eigenvalue weighted by Crippen LogP contribution is 2.56. The minimum absolute atomic E-state index is 0.00459. The number of amides is 1. The van der Waals surface area contributed by atoms with Gasteiger partial charge in [-0.15, -0.1) is 0 Å². The largest absolute Gasteiger partial charge is 0.497 e. The normalized spacial score (nSPS) is 33.5. The Hall–Kier alpha value is -2.74. The minimum Gasteiger partial charge on any atom is -0.497 e. The third-order valence-corrected chi connectivity index (χ3v) is 7.75. The fourth-order valence-electron chi connectivity index (χ4n) is 6.20. The molecule has 1 N–H and O–H groups in total. The molecule has 31 heavy (non-hydrogen) atoms. The second-order valence-electron chi connectivity index (χ2n) is 8.82. The molecule has 8 nitrogen and oxygen atoms in total. The Labute approximate surface area is 181 Å². The Kier molecular flexibility index (Phi) is 4.66. The van der Waals surface area contributed by atoms with E-state index in [4.69, 9.17) is 18.9 Å². The lowest BCUT2D eigenvalue weighted by molar-refractivity contribution is -0.139. The third kappa shape index (κ3) is 2.63. The van der Waals surface area contributed by atoms with Crippen molar-refractivity contribution in [1.82, 2.24) is 4.90 Å². The number of anilines is 1. The number of esters is 1. The van der Waals surface area contributed by atoms with E-state index in [2.05, 4.69) is 10.2 Å². The molecule has 1 aromatic rings. The molecule has 2 saturated heterocycles. The van der Waals surface area contributed by atoms with Gasteiger partial charge in [-0.3, -0.25) is 9.69 Å². The zero-order valence-electron chi connectivity index (χ0n) is 18.3. The van der Waals surface area contributed by atoms with E-state index in [9.17, 15) is 9.59 Å². The van der Waals surface area contributed by atoms with Crippen LogP contribution in [0.3, 0.4) is 0 Å². The van der Waals surface area contributed by atoms with Gasteiger partial charge in [-0.1, -0.05) is 6.07 Å². The molecule has 2 fully saturated rings. The first-order chi connectivity index (χ1) is 15.0. The summed E-state index contributed by atoms with van der Waals surface area (Å²) < 4.78 is 21.8. The van der Waals surface area contributed by atoms with Crippen LogP contribution in [0.2, 0.25) is 0 Å². The van der Waals surface area contributed by atoms with Gasteiger partial charge >= 0.3 is 5.97 Å². The molecule has 8 heteroatoms. The van der Waals surface area contributed by atoms with Crippen molar-refractivity contribution in [2.75, 3.05) is 39.7 Å². The maximum Gasteiger partial charge on any atom is 0.337 e. The van der Waals surface area contributed by atoms with E-state index in [1.54, 1.807) is 20.5 Å². The number of nitrogens with one attached hydrogen (secondary N) is 1. The first kappa shape index (κ1) is 20.2. The number of piperidine rings is 1. The number of hydrogen-bond acceptors (Lipinski definition) is 7. The van der Waals surface area contributed by atoms with Gasteiger partial charge in [0.25, 0.3) is 0 Å². The fraction of sp³-hybridized carbons (Fsp3) is 0.565. The summed E-state index contributed by atoms with van der Waals surface area (Å²) in [5.74, 6) is 0.941. The number of methoxy groups -OCH3 is 3. The van der Waals surface area contributed by atoms with E-state index in [-0.39, 0.29) is 35.9 Å². The van der Waals surface area contributed by atoms with Crippen LogP contribution >= 0.6 is 0 Å². The lowest BCUT2D eigenvalue weighted by Crippen LogP contribution is -2.56. The smallest absolute Gasteiger partial charge is 0.337 e. The standard InChI is InChI=1S/C23H28N2O6/c1-12-14-10-25-8-7-23(18(25)9-13(14)15(11-31-12)21(26)30-4)16-5-6-17(28-2)20(29-3)19(16)24-22(23)27/h5-6,11-14,18H,7-10H2,1-4H3,(H,24,27)/t12-,13-,14-,18+,23+/m0/s1. The summed E-state index contributed by atoms with van der Waals surface area (Å²) in [5, 5.41) is 3.08. The molecule has 4 heterocycles. The van der Waals surface area contributed by atoms with Crippen LogP contribution in [0.15, 0.2) is 24.0 Å². The van der Waals surface area contributed by atoms with E-state index >= 15 is 0 Å². The molecule has 4 aliphatic rings. The highest BCUT2D eigenvalue weighted by atomic mass is 16.5. The van der Waals surface area contributed by atoms with Crippen LogP contribution in [0.4, 0.5) is 5.69 Å². The van der Waals surface area contributed by atoms with Crippen LogP contribution in [-0.2, 0) is 24.5 Å². The average Bonchev–Trinajstić information content (AvgIpc) is 3.30. The number of benzene rings is 1. The van der Waals surface area contributed by atoms with Gasteiger partial charge in [0.1, 0.15) is 0 Å². The Morgan fingerprint density at radius 1 is 1.26 bits per heavy atom. The minimum atomic E-state index is -0.678. The molecular weight excluding hydrogens is 400 g/mol. The van der Waals surface area contributed by atoms with Crippen molar-refractivity contribution < 1.29 is 28.5 Å². The van der Waals surface area contributed by atoms with Crippen molar-refractivity contribution in [2.24, 2.45) is 11.8 Å². The molecule has 1 spiro atoms. The van der Waals surface area contributed by atoms with Crippen molar-refractivity contribution in [2.45, 2.75) is 37.3 Å². The summed E-state index contributed by atoms with van der Waals surface area (Å²) in [4.78, 5) is 28.4. The van der Waals surface area contributed by atoms with Crippen LogP contribution in [0.1, 0.15) is 25.3 Å². The van der Waals surface area contributed by atoms with Crippen LogP contribution in [0, 0.1) is 11.8 Å². The molecule has 0 unspecified atom stereocenters.